The fraction of sp³-hybridized carbons (Fsp3) is 0. The molecule has 0 N–H and O–H groups in total. The quantitative estimate of drug-likeness (QED) is 0.585. The van der Waals surface area contributed by atoms with Crippen LogP contribution in [0.1, 0.15) is 0 Å². The van der Waals surface area contributed by atoms with Gasteiger partial charge in [0.1, 0.15) is 0 Å². The van der Waals surface area contributed by atoms with Crippen molar-refractivity contribution in [2.24, 2.45) is 0 Å². The molecule has 0 bridgehead atoms. The lowest BCUT2D eigenvalue weighted by Gasteiger charge is -1.80. The molecule has 4 heteroatoms. The van der Waals surface area contributed by atoms with Crippen molar-refractivity contribution in [2.75, 3.05) is 0 Å². The minimum atomic E-state index is 0.310. The number of ether oxygens (including phenoxy) is 1. The molecule has 41 valence electrons. The highest BCUT2D eigenvalue weighted by Gasteiger charge is 1.90. The lowest BCUT2D eigenvalue weighted by molar-refractivity contribution is 0.436. The molecule has 0 saturated heterocycles. The lowest BCUT2D eigenvalue weighted by Crippen LogP contribution is -1.85. The van der Waals surface area contributed by atoms with E-state index in [-0.39, 0.29) is 0 Å². The van der Waals surface area contributed by atoms with Crippen LogP contribution in [0.2, 0.25) is 0 Å². The predicted octanol–water partition coefficient (Wildman–Crippen LogP) is 0.589. The number of rotatable bonds is 2. The van der Waals surface area contributed by atoms with E-state index in [4.69, 9.17) is 0 Å². The molecular weight excluding hydrogens is 126 g/mol. The maximum Gasteiger partial charge on any atom is 0.424 e. The van der Waals surface area contributed by atoms with Gasteiger partial charge in [0.2, 0.25) is 5.88 Å². The third-order valence-electron chi connectivity index (χ3n) is 0.560. The maximum atomic E-state index is 9.49. The van der Waals surface area contributed by atoms with E-state index in [1.54, 1.807) is 11.4 Å². The normalized spacial score (nSPS) is 8.50. The SMILES string of the molecule is O=[C]Oc1ccsn1. The molecule has 8 heavy (non-hydrogen) atoms. The van der Waals surface area contributed by atoms with Gasteiger partial charge in [0.15, 0.2) is 0 Å². The summed E-state index contributed by atoms with van der Waals surface area (Å²) in [4.78, 5) is 9.49. The molecule has 1 aromatic rings. The van der Waals surface area contributed by atoms with Crippen molar-refractivity contribution in [3.63, 3.8) is 0 Å². The monoisotopic (exact) mass is 128 g/mol. The van der Waals surface area contributed by atoms with Crippen LogP contribution < -0.4 is 4.74 Å². The molecule has 3 nitrogen and oxygen atoms in total. The van der Waals surface area contributed by atoms with Crippen molar-refractivity contribution in [3.8, 4) is 5.88 Å². The molecule has 1 aromatic heterocycles. The Morgan fingerprint density at radius 2 is 2.75 bits per heavy atom. The van der Waals surface area contributed by atoms with Crippen molar-refractivity contribution in [1.82, 2.24) is 4.37 Å². The number of hydrogen-bond acceptors (Lipinski definition) is 4. The second-order valence-electron chi connectivity index (χ2n) is 1.02. The van der Waals surface area contributed by atoms with Gasteiger partial charge in [-0.05, 0) is 11.5 Å². The minimum absolute atomic E-state index is 0.310. The van der Waals surface area contributed by atoms with Crippen LogP contribution in [-0.2, 0) is 4.79 Å². The predicted molar refractivity (Wildman–Crippen MR) is 28.4 cm³/mol. The smallest absolute Gasteiger partial charge is 0.398 e. The molecule has 0 aliphatic rings. The Labute approximate surface area is 50.1 Å². The van der Waals surface area contributed by atoms with E-state index >= 15 is 0 Å². The highest BCUT2D eigenvalue weighted by atomic mass is 32.1. The first-order valence-electron chi connectivity index (χ1n) is 1.88. The molecule has 1 radical (unpaired) electrons. The first-order valence-corrected chi connectivity index (χ1v) is 2.71. The van der Waals surface area contributed by atoms with Crippen LogP contribution in [0.5, 0.6) is 5.88 Å². The summed E-state index contributed by atoms with van der Waals surface area (Å²) < 4.78 is 7.90. The first-order chi connectivity index (χ1) is 3.93. The van der Waals surface area contributed by atoms with Crippen LogP contribution >= 0.6 is 11.5 Å². The number of aromatic nitrogens is 1. The van der Waals surface area contributed by atoms with Gasteiger partial charge >= 0.3 is 6.47 Å². The second kappa shape index (κ2) is 2.42. The van der Waals surface area contributed by atoms with Gasteiger partial charge in [-0.15, -0.1) is 0 Å². The average molecular weight is 128 g/mol. The maximum absolute atomic E-state index is 9.49. The van der Waals surface area contributed by atoms with Gasteiger partial charge in [-0.1, -0.05) is 0 Å². The van der Waals surface area contributed by atoms with E-state index in [0.717, 1.165) is 0 Å². The summed E-state index contributed by atoms with van der Waals surface area (Å²) in [6, 6.07) is 1.59. The molecule has 0 amide bonds. The van der Waals surface area contributed by atoms with E-state index in [2.05, 4.69) is 9.11 Å². The Bertz CT molecular complexity index is 161. The van der Waals surface area contributed by atoms with Gasteiger partial charge in [-0.2, -0.15) is 4.37 Å². The zero-order valence-electron chi connectivity index (χ0n) is 3.83. The number of nitrogens with zero attached hydrogens (tertiary/aromatic N) is 1. The zero-order valence-corrected chi connectivity index (χ0v) is 4.64. The highest BCUT2D eigenvalue weighted by molar-refractivity contribution is 7.03. The van der Waals surface area contributed by atoms with Crippen molar-refractivity contribution in [1.29, 1.82) is 0 Å². The molecule has 1 rings (SSSR count). The summed E-state index contributed by atoms with van der Waals surface area (Å²) in [6.45, 7) is 1.26. The average Bonchev–Trinajstić information content (AvgIpc) is 2.19. The lowest BCUT2D eigenvalue weighted by atomic mass is 10.7. The summed E-state index contributed by atoms with van der Waals surface area (Å²) in [5, 5.41) is 1.71. The molecule has 0 saturated carbocycles. The van der Waals surface area contributed by atoms with Gasteiger partial charge in [0, 0.05) is 11.4 Å². The second-order valence-corrected chi connectivity index (χ2v) is 1.69. The molecule has 1 heterocycles. The van der Waals surface area contributed by atoms with E-state index in [9.17, 15) is 4.79 Å². The van der Waals surface area contributed by atoms with Crippen molar-refractivity contribution >= 4 is 18.0 Å². The molecule has 0 spiro atoms. The van der Waals surface area contributed by atoms with Crippen LogP contribution in [0.25, 0.3) is 0 Å². The van der Waals surface area contributed by atoms with Crippen LogP contribution in [-0.4, -0.2) is 10.8 Å². The molecule has 0 aliphatic carbocycles. The van der Waals surface area contributed by atoms with E-state index in [1.807, 2.05) is 0 Å². The largest absolute Gasteiger partial charge is 0.424 e. The van der Waals surface area contributed by atoms with Crippen LogP contribution in [0.4, 0.5) is 0 Å². The van der Waals surface area contributed by atoms with Gasteiger partial charge in [0.05, 0.1) is 0 Å². The Hall–Kier alpha value is -0.900. The molecule has 0 atom stereocenters. The van der Waals surface area contributed by atoms with Crippen molar-refractivity contribution in [3.05, 3.63) is 11.4 Å². The Balaban J connectivity index is 2.62. The molecular formula is C4H2NO2S. The Morgan fingerprint density at radius 3 is 3.25 bits per heavy atom. The zero-order chi connectivity index (χ0) is 5.82. The summed E-state index contributed by atoms with van der Waals surface area (Å²) in [7, 11) is 0. The number of carbonyl (C=O) groups excluding carboxylic acids is 1. The fourth-order valence-electron chi connectivity index (χ4n) is 0.297. The van der Waals surface area contributed by atoms with E-state index in [0.29, 0.717) is 5.88 Å². The minimum Gasteiger partial charge on any atom is -0.398 e. The van der Waals surface area contributed by atoms with Gasteiger partial charge in [-0.25, -0.2) is 4.79 Å². The molecule has 0 aromatic carbocycles. The van der Waals surface area contributed by atoms with Crippen LogP contribution in [0, 0.1) is 0 Å². The summed E-state index contributed by atoms with van der Waals surface area (Å²) in [5.74, 6) is 0.310. The number of hydrogen-bond donors (Lipinski definition) is 0. The topological polar surface area (TPSA) is 39.2 Å². The van der Waals surface area contributed by atoms with E-state index < -0.39 is 0 Å². The van der Waals surface area contributed by atoms with E-state index in [1.165, 1.54) is 18.0 Å². The molecule has 0 fully saturated rings. The standard InChI is InChI=1S/C4H2NO2S/c6-3-7-4-1-2-8-5-4/h1-2H. The van der Waals surface area contributed by atoms with Crippen molar-refractivity contribution in [2.45, 2.75) is 0 Å². The fourth-order valence-corrected chi connectivity index (χ4v) is 0.737. The van der Waals surface area contributed by atoms with Gasteiger partial charge < -0.3 is 4.74 Å². The van der Waals surface area contributed by atoms with Crippen LogP contribution in [0.15, 0.2) is 11.4 Å². The third kappa shape index (κ3) is 1.04. The summed E-state index contributed by atoms with van der Waals surface area (Å²) in [6.07, 6.45) is 0. The summed E-state index contributed by atoms with van der Waals surface area (Å²) >= 11 is 1.23. The molecule has 0 unspecified atom stereocenters. The first kappa shape index (κ1) is 5.24. The molecule has 0 aliphatic heterocycles. The van der Waals surface area contributed by atoms with Crippen molar-refractivity contribution < 1.29 is 9.53 Å². The van der Waals surface area contributed by atoms with Gasteiger partial charge in [0.25, 0.3) is 0 Å². The highest BCUT2D eigenvalue weighted by Crippen LogP contribution is 2.06. The third-order valence-corrected chi connectivity index (χ3v) is 1.10. The van der Waals surface area contributed by atoms with Gasteiger partial charge in [-0.3, -0.25) is 0 Å². The summed E-state index contributed by atoms with van der Waals surface area (Å²) in [5.41, 5.74) is 0. The Morgan fingerprint density at radius 1 is 1.88 bits per heavy atom. The van der Waals surface area contributed by atoms with Crippen LogP contribution in [0.3, 0.4) is 0 Å². The Kier molecular flexibility index (Phi) is 1.58.